The second-order valence-electron chi connectivity index (χ2n) is 3.75. The molecule has 0 aromatic heterocycles. The third-order valence-electron chi connectivity index (χ3n) is 2.49. The Hall–Kier alpha value is 1.22. The third-order valence-corrected chi connectivity index (χ3v) is 6.47. The van der Waals surface area contributed by atoms with Gasteiger partial charge in [0.25, 0.3) is 0 Å². The molecule has 1 aromatic rings. The third kappa shape index (κ3) is 5.37. The van der Waals surface area contributed by atoms with E-state index in [-0.39, 0.29) is 71.2 Å². The number of benzene rings is 1. The van der Waals surface area contributed by atoms with Crippen molar-refractivity contribution in [2.45, 2.75) is 5.02 Å². The van der Waals surface area contributed by atoms with Crippen LogP contribution < -0.4 is 74.2 Å². The van der Waals surface area contributed by atoms with Gasteiger partial charge in [0, 0.05) is 6.54 Å². The average molecular weight is 351 g/mol. The molecule has 11 heteroatoms. The summed E-state index contributed by atoms with van der Waals surface area (Å²) < 4.78 is 23.1. The van der Waals surface area contributed by atoms with Gasteiger partial charge in [0.05, 0.1) is 0 Å². The molecule has 0 bridgehead atoms. The van der Waals surface area contributed by atoms with Crippen molar-refractivity contribution in [3.05, 3.63) is 48.6 Å². The van der Waals surface area contributed by atoms with Crippen molar-refractivity contribution in [3.8, 4) is 0 Å². The van der Waals surface area contributed by atoms with Crippen molar-refractivity contribution in [2.24, 2.45) is 0 Å². The van der Waals surface area contributed by atoms with Gasteiger partial charge in [0.1, 0.15) is 0 Å². The van der Waals surface area contributed by atoms with E-state index >= 15 is 0 Å². The topological polar surface area (TPSA) is 133 Å². The summed E-state index contributed by atoms with van der Waals surface area (Å²) in [5.74, 6) is 0. The Balaban J connectivity index is 0. The molecule has 1 unspecified atom stereocenters. The molecule has 1 rings (SSSR count). The van der Waals surface area contributed by atoms with Crippen LogP contribution >= 0.6 is 15.2 Å². The van der Waals surface area contributed by atoms with Crippen LogP contribution in [0.4, 0.5) is 0 Å². The first-order valence-electron chi connectivity index (χ1n) is 5.16. The fourth-order valence-corrected chi connectivity index (χ4v) is 4.48. The van der Waals surface area contributed by atoms with E-state index in [1.165, 1.54) is 24.3 Å². The van der Waals surface area contributed by atoms with Gasteiger partial charge in [-0.3, -0.25) is 9.88 Å². The Bertz CT molecular complexity index is 522. The molecule has 0 aliphatic rings. The Kier molecular flexibility index (Phi) is 11.1. The SMILES string of the molecule is C=CCNC(c1ccccc1)(P(=O)([O-])[O-])P(=O)(O)O.[Na+].[Na+]. The van der Waals surface area contributed by atoms with E-state index in [0.29, 0.717) is 0 Å². The van der Waals surface area contributed by atoms with E-state index < -0.39 is 20.2 Å². The van der Waals surface area contributed by atoms with Crippen LogP contribution in [0.3, 0.4) is 0 Å². The van der Waals surface area contributed by atoms with E-state index in [0.717, 1.165) is 12.1 Å². The molecule has 0 fully saturated rings. The van der Waals surface area contributed by atoms with Crippen molar-refractivity contribution >= 4 is 15.2 Å². The second kappa shape index (κ2) is 9.50. The Labute approximate surface area is 167 Å². The molecule has 1 atom stereocenters. The second-order valence-corrected chi connectivity index (χ2v) is 7.53. The maximum atomic E-state index is 11.6. The smallest absolute Gasteiger partial charge is 0.809 e. The summed E-state index contributed by atoms with van der Waals surface area (Å²) in [6.45, 7) is 3.06. The van der Waals surface area contributed by atoms with E-state index in [1.54, 1.807) is 0 Å². The number of nitrogens with one attached hydrogen (secondary N) is 1. The summed E-state index contributed by atoms with van der Waals surface area (Å²) in [4.78, 5) is 41.8. The molecule has 0 heterocycles. The molecule has 0 amide bonds. The summed E-state index contributed by atoms with van der Waals surface area (Å²) in [6.07, 6.45) is 1.20. The molecule has 0 aliphatic carbocycles. The molecule has 3 N–H and O–H groups in total. The Morgan fingerprint density at radius 3 is 2.00 bits per heavy atom. The Morgan fingerprint density at radius 2 is 1.67 bits per heavy atom. The minimum absolute atomic E-state index is 0. The van der Waals surface area contributed by atoms with Gasteiger partial charge in [-0.2, -0.15) is 0 Å². The van der Waals surface area contributed by atoms with Crippen LogP contribution in [-0.2, 0) is 14.2 Å². The first-order chi connectivity index (χ1) is 8.67. The maximum Gasteiger partial charge on any atom is 1.00 e. The van der Waals surface area contributed by atoms with E-state index in [9.17, 15) is 28.7 Å². The molecule has 21 heavy (non-hydrogen) atoms. The Morgan fingerprint density at radius 1 is 1.19 bits per heavy atom. The van der Waals surface area contributed by atoms with Crippen LogP contribution in [0.25, 0.3) is 0 Å². The fourth-order valence-electron chi connectivity index (χ4n) is 1.67. The van der Waals surface area contributed by atoms with Crippen LogP contribution in [0.15, 0.2) is 43.0 Å². The average Bonchev–Trinajstić information content (AvgIpc) is 2.27. The predicted molar refractivity (Wildman–Crippen MR) is 66.0 cm³/mol. The van der Waals surface area contributed by atoms with Gasteiger partial charge >= 0.3 is 66.7 Å². The maximum absolute atomic E-state index is 11.6. The molecule has 7 nitrogen and oxygen atoms in total. The molecular weight excluding hydrogens is 338 g/mol. The number of rotatable bonds is 6. The summed E-state index contributed by atoms with van der Waals surface area (Å²) in [7, 11) is -11.0. The molecule has 0 spiro atoms. The van der Waals surface area contributed by atoms with Gasteiger partial charge in [-0.1, -0.05) is 36.4 Å². The molecule has 0 radical (unpaired) electrons. The van der Waals surface area contributed by atoms with Gasteiger partial charge in [0.15, 0.2) is 5.02 Å². The summed E-state index contributed by atoms with van der Waals surface area (Å²) in [5.41, 5.74) is -0.307. The first-order valence-corrected chi connectivity index (χ1v) is 8.31. The van der Waals surface area contributed by atoms with E-state index in [1.807, 2.05) is 0 Å². The van der Waals surface area contributed by atoms with Crippen molar-refractivity contribution in [3.63, 3.8) is 0 Å². The van der Waals surface area contributed by atoms with Crippen molar-refractivity contribution < 1.29 is 87.8 Å². The molecule has 106 valence electrons. The zero-order valence-electron chi connectivity index (χ0n) is 11.8. The summed E-state index contributed by atoms with van der Waals surface area (Å²) in [6, 6.07) is 6.62. The molecule has 0 saturated carbocycles. The van der Waals surface area contributed by atoms with Crippen molar-refractivity contribution in [1.82, 2.24) is 5.32 Å². The standard InChI is InChI=1S/C10H15NO6P2.2Na/c1-2-8-11-10(18(12,13)14,19(15,16)17)9-6-4-3-5-7-9;;/h2-7,11H,1,8H2,(H2,12,13,14)(H2,15,16,17);;/q;2*+1/p-2. The predicted octanol–water partition coefficient (Wildman–Crippen LogP) is -6.33. The van der Waals surface area contributed by atoms with E-state index in [2.05, 4.69) is 11.9 Å². The first kappa shape index (κ1) is 24.5. The number of hydrogen-bond donors (Lipinski definition) is 3. The summed E-state index contributed by atoms with van der Waals surface area (Å²) in [5, 5.41) is -0.881. The van der Waals surface area contributed by atoms with Gasteiger partial charge in [-0.05, 0) is 13.2 Å². The van der Waals surface area contributed by atoms with Crippen LogP contribution in [0.2, 0.25) is 0 Å². The normalized spacial score (nSPS) is 14.3. The molecule has 1 aromatic carbocycles. The quantitative estimate of drug-likeness (QED) is 0.264. The fraction of sp³-hybridized carbons (Fsp3) is 0.200. The van der Waals surface area contributed by atoms with Gasteiger partial charge in [0.2, 0.25) is 0 Å². The summed E-state index contributed by atoms with van der Waals surface area (Å²) >= 11 is 0. The van der Waals surface area contributed by atoms with Crippen LogP contribution in [0, 0.1) is 0 Å². The van der Waals surface area contributed by atoms with Crippen LogP contribution in [0.1, 0.15) is 5.56 Å². The van der Waals surface area contributed by atoms with Crippen LogP contribution in [0.5, 0.6) is 0 Å². The molecule has 0 saturated heterocycles. The number of hydrogen-bond acceptors (Lipinski definition) is 5. The van der Waals surface area contributed by atoms with Crippen LogP contribution in [-0.4, -0.2) is 16.3 Å². The zero-order chi connectivity index (χ0) is 14.7. The minimum atomic E-state index is -5.70. The van der Waals surface area contributed by atoms with Crippen molar-refractivity contribution in [1.29, 1.82) is 0 Å². The molecule has 0 aliphatic heterocycles. The van der Waals surface area contributed by atoms with E-state index in [4.69, 9.17) is 0 Å². The monoisotopic (exact) mass is 351 g/mol. The van der Waals surface area contributed by atoms with Crippen molar-refractivity contribution in [2.75, 3.05) is 6.54 Å². The van der Waals surface area contributed by atoms with Gasteiger partial charge in [-0.15, -0.1) is 6.58 Å². The zero-order valence-corrected chi connectivity index (χ0v) is 17.6. The van der Waals surface area contributed by atoms with Gasteiger partial charge in [-0.25, -0.2) is 0 Å². The minimum Gasteiger partial charge on any atom is -0.809 e. The largest absolute Gasteiger partial charge is 1.00 e. The van der Waals surface area contributed by atoms with Gasteiger partial charge < -0.3 is 24.1 Å². The molecular formula is C10H13NNa2O6P2.